The summed E-state index contributed by atoms with van der Waals surface area (Å²) < 4.78 is 11.5. The van der Waals surface area contributed by atoms with Crippen molar-refractivity contribution in [3.8, 4) is 23.8 Å². The lowest BCUT2D eigenvalue weighted by atomic mass is 10.1. The van der Waals surface area contributed by atoms with Crippen LogP contribution in [0.4, 0.5) is 4.79 Å². The molecular formula is C18H20BrNO4S. The average Bonchev–Trinajstić information content (AvgIpc) is 2.85. The average molecular weight is 426 g/mol. The van der Waals surface area contributed by atoms with Crippen molar-refractivity contribution >= 4 is 38.8 Å². The van der Waals surface area contributed by atoms with Gasteiger partial charge in [-0.3, -0.25) is 14.5 Å². The smallest absolute Gasteiger partial charge is 0.289 e. The van der Waals surface area contributed by atoms with Gasteiger partial charge in [-0.25, -0.2) is 0 Å². The Balaban J connectivity index is 2.15. The zero-order chi connectivity index (χ0) is 18.4. The molecule has 25 heavy (non-hydrogen) atoms. The van der Waals surface area contributed by atoms with Crippen LogP contribution in [-0.4, -0.2) is 41.6 Å². The first kappa shape index (κ1) is 19.7. The summed E-state index contributed by atoms with van der Waals surface area (Å²) in [4.78, 5) is 25.9. The van der Waals surface area contributed by atoms with Crippen LogP contribution in [0.2, 0.25) is 0 Å². The minimum atomic E-state index is -0.404. The van der Waals surface area contributed by atoms with E-state index in [4.69, 9.17) is 15.9 Å². The number of rotatable bonds is 8. The summed E-state index contributed by atoms with van der Waals surface area (Å²) in [5.74, 6) is 3.35. The van der Waals surface area contributed by atoms with Gasteiger partial charge in [0.05, 0.1) is 16.8 Å². The molecule has 0 radical (unpaired) electrons. The Morgan fingerprint density at radius 1 is 1.40 bits per heavy atom. The fourth-order valence-corrected chi connectivity index (χ4v) is 4.16. The molecule has 1 saturated heterocycles. The maximum atomic E-state index is 12.5. The van der Waals surface area contributed by atoms with Gasteiger partial charge in [0.2, 0.25) is 5.91 Å². The number of unbranched alkanes of at least 4 members (excludes halogenated alkanes) is 1. The number of benzene rings is 1. The molecule has 0 N–H and O–H groups in total. The highest BCUT2D eigenvalue weighted by Crippen LogP contribution is 2.38. The monoisotopic (exact) mass is 425 g/mol. The lowest BCUT2D eigenvalue weighted by Crippen LogP contribution is -2.33. The number of thioether (sulfide) groups is 1. The molecule has 1 aromatic carbocycles. The van der Waals surface area contributed by atoms with Crippen LogP contribution in [0.5, 0.6) is 11.5 Å². The van der Waals surface area contributed by atoms with Crippen LogP contribution < -0.4 is 9.47 Å². The molecular weight excluding hydrogens is 406 g/mol. The van der Waals surface area contributed by atoms with E-state index in [1.165, 1.54) is 4.90 Å². The number of carbonyl (C=O) groups excluding carboxylic acids is 2. The number of hydrogen-bond donors (Lipinski definition) is 0. The molecule has 5 nitrogen and oxygen atoms in total. The molecule has 0 aliphatic carbocycles. The third-order valence-electron chi connectivity index (χ3n) is 3.75. The van der Waals surface area contributed by atoms with E-state index in [2.05, 4.69) is 21.9 Å². The van der Waals surface area contributed by atoms with Gasteiger partial charge >= 0.3 is 0 Å². The number of halogens is 1. The van der Waals surface area contributed by atoms with Crippen molar-refractivity contribution < 1.29 is 19.1 Å². The molecule has 2 rings (SSSR count). The summed E-state index contributed by atoms with van der Waals surface area (Å²) in [5, 5.41) is -0.568. The summed E-state index contributed by atoms with van der Waals surface area (Å²) in [6.07, 6.45) is 7.44. The molecule has 1 aromatic rings. The maximum Gasteiger partial charge on any atom is 0.289 e. The second-order valence-corrected chi connectivity index (χ2v) is 7.53. The van der Waals surface area contributed by atoms with Crippen LogP contribution in [-0.2, 0) is 11.2 Å². The molecule has 0 aromatic heterocycles. The van der Waals surface area contributed by atoms with E-state index in [0.717, 1.165) is 30.2 Å². The first-order valence-electron chi connectivity index (χ1n) is 7.96. The van der Waals surface area contributed by atoms with Gasteiger partial charge in [-0.05, 0) is 46.5 Å². The number of amides is 2. The van der Waals surface area contributed by atoms with Gasteiger partial charge in [0.1, 0.15) is 6.61 Å². The van der Waals surface area contributed by atoms with E-state index in [1.54, 1.807) is 7.11 Å². The molecule has 134 valence electrons. The van der Waals surface area contributed by atoms with Crippen molar-refractivity contribution in [2.24, 2.45) is 0 Å². The molecule has 1 heterocycles. The Morgan fingerprint density at radius 3 is 2.80 bits per heavy atom. The summed E-state index contributed by atoms with van der Waals surface area (Å²) in [7, 11) is 1.54. The van der Waals surface area contributed by atoms with E-state index in [0.29, 0.717) is 28.9 Å². The highest BCUT2D eigenvalue weighted by Gasteiger charge is 2.39. The quantitative estimate of drug-likeness (QED) is 0.591. The fourth-order valence-electron chi connectivity index (χ4n) is 2.51. The molecule has 1 aliphatic rings. The van der Waals surface area contributed by atoms with Crippen molar-refractivity contribution in [1.82, 2.24) is 4.90 Å². The standard InChI is InChI=1S/C18H20BrNO4S/c1-4-6-7-20-17(21)15(25-18(20)22)11-12-9-13(19)16(24-8-5-2)14(10-12)23-3/h2,9-10,15H,4,6-8,11H2,1,3H3/t15-/m0/s1. The zero-order valence-corrected chi connectivity index (χ0v) is 16.6. The number of imide groups is 1. The first-order valence-corrected chi connectivity index (χ1v) is 9.63. The van der Waals surface area contributed by atoms with Crippen molar-refractivity contribution in [2.45, 2.75) is 31.4 Å². The molecule has 0 unspecified atom stereocenters. The molecule has 1 atom stereocenters. The van der Waals surface area contributed by atoms with E-state index in [-0.39, 0.29) is 17.8 Å². The number of carbonyl (C=O) groups is 2. The number of methoxy groups -OCH3 is 1. The predicted octanol–water partition coefficient (Wildman–Crippen LogP) is 3.88. The largest absolute Gasteiger partial charge is 0.493 e. The van der Waals surface area contributed by atoms with Gasteiger partial charge in [-0.2, -0.15) is 0 Å². The molecule has 0 saturated carbocycles. The van der Waals surface area contributed by atoms with Gasteiger partial charge in [0, 0.05) is 6.54 Å². The Hall–Kier alpha value is -1.65. The normalized spacial score (nSPS) is 16.9. The topological polar surface area (TPSA) is 55.8 Å². The Bertz CT molecular complexity index is 701. The minimum absolute atomic E-state index is 0.119. The first-order chi connectivity index (χ1) is 12.0. The van der Waals surface area contributed by atoms with Crippen LogP contribution in [0.15, 0.2) is 16.6 Å². The molecule has 1 aliphatic heterocycles. The van der Waals surface area contributed by atoms with Crippen LogP contribution in [0.3, 0.4) is 0 Å². The van der Waals surface area contributed by atoms with Gasteiger partial charge in [0.25, 0.3) is 5.24 Å². The molecule has 1 fully saturated rings. The van der Waals surface area contributed by atoms with Crippen LogP contribution in [0.1, 0.15) is 25.3 Å². The molecule has 2 amide bonds. The summed E-state index contributed by atoms with van der Waals surface area (Å²) in [5.41, 5.74) is 0.882. The van der Waals surface area contributed by atoms with Crippen LogP contribution in [0, 0.1) is 12.3 Å². The van der Waals surface area contributed by atoms with E-state index in [1.807, 2.05) is 19.1 Å². The number of ether oxygens (including phenoxy) is 2. The lowest BCUT2D eigenvalue weighted by Gasteiger charge is -2.15. The number of terminal acetylenes is 1. The highest BCUT2D eigenvalue weighted by atomic mass is 79.9. The van der Waals surface area contributed by atoms with Gasteiger partial charge in [0.15, 0.2) is 11.5 Å². The third-order valence-corrected chi connectivity index (χ3v) is 5.41. The molecule has 0 spiro atoms. The SMILES string of the molecule is C#CCOc1c(Br)cc(C[C@@H]2SC(=O)N(CCCC)C2=O)cc1OC. The third kappa shape index (κ3) is 4.71. The van der Waals surface area contributed by atoms with Crippen molar-refractivity contribution in [1.29, 1.82) is 0 Å². The summed E-state index contributed by atoms with van der Waals surface area (Å²) in [6.45, 7) is 2.65. The van der Waals surface area contributed by atoms with Crippen molar-refractivity contribution in [3.63, 3.8) is 0 Å². The molecule has 7 heteroatoms. The predicted molar refractivity (Wildman–Crippen MR) is 102 cm³/mol. The zero-order valence-electron chi connectivity index (χ0n) is 14.2. The van der Waals surface area contributed by atoms with E-state index in [9.17, 15) is 9.59 Å². The maximum absolute atomic E-state index is 12.5. The minimum Gasteiger partial charge on any atom is -0.493 e. The molecule has 0 bridgehead atoms. The van der Waals surface area contributed by atoms with Gasteiger partial charge in [-0.15, -0.1) is 6.42 Å². The van der Waals surface area contributed by atoms with Gasteiger partial charge < -0.3 is 9.47 Å². The Morgan fingerprint density at radius 2 is 2.16 bits per heavy atom. The highest BCUT2D eigenvalue weighted by molar-refractivity contribution is 9.10. The number of hydrogen-bond acceptors (Lipinski definition) is 5. The van der Waals surface area contributed by atoms with E-state index >= 15 is 0 Å². The fraction of sp³-hybridized carbons (Fsp3) is 0.444. The second-order valence-electron chi connectivity index (χ2n) is 5.52. The number of nitrogens with zero attached hydrogens (tertiary/aromatic N) is 1. The summed E-state index contributed by atoms with van der Waals surface area (Å²) in [6, 6.07) is 3.67. The van der Waals surface area contributed by atoms with Crippen molar-refractivity contribution in [2.75, 3.05) is 20.3 Å². The summed E-state index contributed by atoms with van der Waals surface area (Å²) >= 11 is 4.54. The van der Waals surface area contributed by atoms with E-state index < -0.39 is 5.25 Å². The lowest BCUT2D eigenvalue weighted by molar-refractivity contribution is -0.126. The van der Waals surface area contributed by atoms with Gasteiger partial charge in [-0.1, -0.05) is 31.0 Å². The Kier molecular flexibility index (Phi) is 7.21. The van der Waals surface area contributed by atoms with Crippen molar-refractivity contribution in [3.05, 3.63) is 22.2 Å². The Labute approximate surface area is 160 Å². The second kappa shape index (κ2) is 9.16. The van der Waals surface area contributed by atoms with Crippen LogP contribution in [0.25, 0.3) is 0 Å². The van der Waals surface area contributed by atoms with Crippen LogP contribution >= 0.6 is 27.7 Å².